The number of hydrogen-bond acceptors (Lipinski definition) is 4. The number of nitrogens with zero attached hydrogens (tertiary/aromatic N) is 2. The van der Waals surface area contributed by atoms with Gasteiger partial charge in [-0.1, -0.05) is 25.5 Å². The van der Waals surface area contributed by atoms with E-state index in [2.05, 4.69) is 5.32 Å². The molecule has 0 spiro atoms. The molecule has 2 amide bonds. The summed E-state index contributed by atoms with van der Waals surface area (Å²) in [6, 6.07) is 6.20. The van der Waals surface area contributed by atoms with Crippen LogP contribution in [0.4, 0.5) is 4.39 Å². The number of hydrogen-bond donors (Lipinski definition) is 1. The van der Waals surface area contributed by atoms with Crippen molar-refractivity contribution in [3.63, 3.8) is 0 Å². The standard InChI is InChI=1S/C20H28FN3O3/c1-3-8-20(2)19(26)22-9-10-24(20)14-18(25)23-11-12-27-17(13-23)15-4-6-16(21)7-5-15/h4-7,17H,3,8-14H2,1-2H3,(H,22,26)/t17-,20+/m0/s1. The highest BCUT2D eigenvalue weighted by Gasteiger charge is 2.42. The molecule has 7 heteroatoms. The summed E-state index contributed by atoms with van der Waals surface area (Å²) in [5.41, 5.74) is 0.216. The molecule has 2 saturated heterocycles. The number of amides is 2. The van der Waals surface area contributed by atoms with Crippen LogP contribution in [0.25, 0.3) is 0 Å². The van der Waals surface area contributed by atoms with Gasteiger partial charge < -0.3 is 15.0 Å². The van der Waals surface area contributed by atoms with Crippen molar-refractivity contribution in [3.8, 4) is 0 Å². The lowest BCUT2D eigenvalue weighted by molar-refractivity contribution is -0.146. The van der Waals surface area contributed by atoms with Crippen LogP contribution in [0, 0.1) is 5.82 Å². The maximum Gasteiger partial charge on any atom is 0.240 e. The number of nitrogens with one attached hydrogen (secondary N) is 1. The van der Waals surface area contributed by atoms with Crippen LogP contribution in [0.1, 0.15) is 38.4 Å². The predicted octanol–water partition coefficient (Wildman–Crippen LogP) is 1.72. The van der Waals surface area contributed by atoms with E-state index in [1.165, 1.54) is 12.1 Å². The van der Waals surface area contributed by atoms with Gasteiger partial charge in [0.25, 0.3) is 0 Å². The molecule has 2 heterocycles. The quantitative estimate of drug-likeness (QED) is 0.849. The molecule has 1 aromatic rings. The third kappa shape index (κ3) is 4.30. The largest absolute Gasteiger partial charge is 0.370 e. The van der Waals surface area contributed by atoms with Crippen LogP contribution in [0.2, 0.25) is 0 Å². The lowest BCUT2D eigenvalue weighted by atomic mass is 9.90. The van der Waals surface area contributed by atoms with Gasteiger partial charge in [-0.05, 0) is 31.0 Å². The van der Waals surface area contributed by atoms with E-state index in [1.807, 2.05) is 18.7 Å². The van der Waals surface area contributed by atoms with E-state index in [0.29, 0.717) is 39.2 Å². The van der Waals surface area contributed by atoms with E-state index in [0.717, 1.165) is 12.0 Å². The summed E-state index contributed by atoms with van der Waals surface area (Å²) >= 11 is 0. The topological polar surface area (TPSA) is 61.9 Å². The van der Waals surface area contributed by atoms with Gasteiger partial charge in [-0.15, -0.1) is 0 Å². The first-order valence-electron chi connectivity index (χ1n) is 9.62. The third-order valence-electron chi connectivity index (χ3n) is 5.58. The number of benzene rings is 1. The fraction of sp³-hybridized carbons (Fsp3) is 0.600. The van der Waals surface area contributed by atoms with E-state index in [1.54, 1.807) is 17.0 Å². The van der Waals surface area contributed by atoms with Crippen LogP contribution in [0.15, 0.2) is 24.3 Å². The SMILES string of the molecule is CCC[C@]1(C)C(=O)NCCN1CC(=O)N1CCO[C@H](c2ccc(F)cc2)C1. The number of carbonyl (C=O) groups excluding carboxylic acids is 2. The van der Waals surface area contributed by atoms with Gasteiger partial charge in [0.1, 0.15) is 11.9 Å². The van der Waals surface area contributed by atoms with Crippen molar-refractivity contribution in [1.82, 2.24) is 15.1 Å². The molecular formula is C20H28FN3O3. The first-order chi connectivity index (χ1) is 12.9. The Hall–Kier alpha value is -1.99. The molecule has 2 fully saturated rings. The van der Waals surface area contributed by atoms with Gasteiger partial charge >= 0.3 is 0 Å². The molecule has 148 valence electrons. The van der Waals surface area contributed by atoms with Crippen molar-refractivity contribution in [3.05, 3.63) is 35.6 Å². The Morgan fingerprint density at radius 3 is 2.78 bits per heavy atom. The minimum Gasteiger partial charge on any atom is -0.370 e. The zero-order valence-corrected chi connectivity index (χ0v) is 16.0. The zero-order chi connectivity index (χ0) is 19.4. The minimum absolute atomic E-state index is 0.00226. The minimum atomic E-state index is -0.648. The first kappa shape index (κ1) is 19.8. The van der Waals surface area contributed by atoms with Crippen LogP contribution >= 0.6 is 0 Å². The second-order valence-electron chi connectivity index (χ2n) is 7.45. The molecule has 0 saturated carbocycles. The first-order valence-corrected chi connectivity index (χ1v) is 9.62. The molecule has 2 atom stereocenters. The number of piperazine rings is 1. The fourth-order valence-corrected chi connectivity index (χ4v) is 3.92. The van der Waals surface area contributed by atoms with Gasteiger partial charge in [-0.2, -0.15) is 0 Å². The zero-order valence-electron chi connectivity index (χ0n) is 16.0. The molecule has 6 nitrogen and oxygen atoms in total. The fourth-order valence-electron chi connectivity index (χ4n) is 3.92. The average molecular weight is 377 g/mol. The lowest BCUT2D eigenvalue weighted by Gasteiger charge is -2.44. The smallest absolute Gasteiger partial charge is 0.240 e. The Kier molecular flexibility index (Phi) is 6.11. The van der Waals surface area contributed by atoms with Crippen LogP contribution in [0.3, 0.4) is 0 Å². The number of ether oxygens (including phenoxy) is 1. The van der Waals surface area contributed by atoms with Gasteiger partial charge in [-0.25, -0.2) is 4.39 Å². The molecule has 2 aliphatic rings. The molecule has 1 N–H and O–H groups in total. The van der Waals surface area contributed by atoms with Crippen LogP contribution in [-0.4, -0.2) is 66.5 Å². The maximum absolute atomic E-state index is 13.1. The van der Waals surface area contributed by atoms with E-state index in [-0.39, 0.29) is 30.3 Å². The van der Waals surface area contributed by atoms with Crippen molar-refractivity contribution in [2.45, 2.75) is 38.3 Å². The normalized spacial score (nSPS) is 26.7. The van der Waals surface area contributed by atoms with Crippen LogP contribution < -0.4 is 5.32 Å². The molecule has 27 heavy (non-hydrogen) atoms. The van der Waals surface area contributed by atoms with E-state index in [9.17, 15) is 14.0 Å². The van der Waals surface area contributed by atoms with Crippen molar-refractivity contribution < 1.29 is 18.7 Å². The van der Waals surface area contributed by atoms with Crippen LogP contribution in [-0.2, 0) is 14.3 Å². The molecule has 0 bridgehead atoms. The monoisotopic (exact) mass is 377 g/mol. The highest BCUT2D eigenvalue weighted by molar-refractivity contribution is 5.88. The molecule has 0 aromatic heterocycles. The van der Waals surface area contributed by atoms with Crippen LogP contribution in [0.5, 0.6) is 0 Å². The third-order valence-corrected chi connectivity index (χ3v) is 5.58. The highest BCUT2D eigenvalue weighted by atomic mass is 19.1. The Bertz CT molecular complexity index is 682. The van der Waals surface area contributed by atoms with Gasteiger partial charge in [-0.3, -0.25) is 14.5 Å². The Morgan fingerprint density at radius 2 is 2.07 bits per heavy atom. The molecule has 0 unspecified atom stereocenters. The molecule has 0 radical (unpaired) electrons. The Balaban J connectivity index is 1.66. The van der Waals surface area contributed by atoms with E-state index < -0.39 is 5.54 Å². The number of carbonyl (C=O) groups is 2. The summed E-state index contributed by atoms with van der Waals surface area (Å²) in [5.74, 6) is -0.293. The lowest BCUT2D eigenvalue weighted by Crippen LogP contribution is -2.65. The average Bonchev–Trinajstić information content (AvgIpc) is 2.67. The second kappa shape index (κ2) is 8.35. The Labute approximate surface area is 159 Å². The summed E-state index contributed by atoms with van der Waals surface area (Å²) in [5, 5.41) is 2.92. The van der Waals surface area contributed by atoms with Crippen molar-refractivity contribution in [2.75, 3.05) is 39.3 Å². The van der Waals surface area contributed by atoms with Gasteiger partial charge in [0.15, 0.2) is 0 Å². The van der Waals surface area contributed by atoms with Gasteiger partial charge in [0.05, 0.1) is 25.2 Å². The second-order valence-corrected chi connectivity index (χ2v) is 7.45. The summed E-state index contributed by atoms with van der Waals surface area (Å²) in [7, 11) is 0. The molecule has 3 rings (SSSR count). The number of rotatable bonds is 5. The number of morpholine rings is 1. The van der Waals surface area contributed by atoms with Gasteiger partial charge in [0.2, 0.25) is 11.8 Å². The summed E-state index contributed by atoms with van der Waals surface area (Å²) in [6.45, 7) is 6.82. The molecule has 2 aliphatic heterocycles. The summed E-state index contributed by atoms with van der Waals surface area (Å²) < 4.78 is 18.9. The van der Waals surface area contributed by atoms with Crippen molar-refractivity contribution >= 4 is 11.8 Å². The molecule has 0 aliphatic carbocycles. The molecule has 1 aromatic carbocycles. The Morgan fingerprint density at radius 1 is 1.33 bits per heavy atom. The van der Waals surface area contributed by atoms with E-state index in [4.69, 9.17) is 4.74 Å². The van der Waals surface area contributed by atoms with E-state index >= 15 is 0 Å². The summed E-state index contributed by atoms with van der Waals surface area (Å²) in [4.78, 5) is 29.1. The predicted molar refractivity (Wildman–Crippen MR) is 99.6 cm³/mol. The van der Waals surface area contributed by atoms with Gasteiger partial charge in [0, 0.05) is 19.6 Å². The highest BCUT2D eigenvalue weighted by Crippen LogP contribution is 2.26. The maximum atomic E-state index is 13.1. The number of halogens is 1. The van der Waals surface area contributed by atoms with Crippen molar-refractivity contribution in [2.24, 2.45) is 0 Å². The van der Waals surface area contributed by atoms with Crippen molar-refractivity contribution in [1.29, 1.82) is 0 Å². The summed E-state index contributed by atoms with van der Waals surface area (Å²) in [6.07, 6.45) is 1.33. The molecular weight excluding hydrogens is 349 g/mol.